The Morgan fingerprint density at radius 2 is 2.14 bits per heavy atom. The summed E-state index contributed by atoms with van der Waals surface area (Å²) < 4.78 is 0. The minimum Gasteiger partial charge on any atom is -0.512 e. The van der Waals surface area contributed by atoms with Crippen molar-refractivity contribution in [2.45, 2.75) is 20.3 Å². The van der Waals surface area contributed by atoms with E-state index in [1.165, 1.54) is 0 Å². The monoisotopic (exact) mass is 98.1 g/mol. The molecule has 0 radical (unpaired) electrons. The Hall–Kier alpha value is -0.460. The summed E-state index contributed by atoms with van der Waals surface area (Å²) in [6.45, 7) is 4.06. The first-order chi connectivity index (χ1) is 3.13. The summed E-state index contributed by atoms with van der Waals surface area (Å²) in [6.07, 6.45) is 2.87. The number of aliphatic hydroxyl groups excluding tert-OH is 1. The molecule has 1 heteroatoms. The molecule has 0 heterocycles. The topological polar surface area (TPSA) is 20.2 Å². The van der Waals surface area contributed by atoms with Crippen molar-refractivity contribution in [3.63, 3.8) is 0 Å². The maximum absolute atomic E-state index is 8.84. The standard InChI is InChI=1S/C6H10O/c1-6(2)4-3-5(6)7/h3,7H,4H2,1-2H3. The summed E-state index contributed by atoms with van der Waals surface area (Å²) in [6, 6.07) is 0. The predicted octanol–water partition coefficient (Wildman–Crippen LogP) is 1.86. The molecule has 40 valence electrons. The Kier molecular flexibility index (Phi) is 0.689. The third-order valence-electron chi connectivity index (χ3n) is 1.50. The van der Waals surface area contributed by atoms with Crippen LogP contribution in [0.15, 0.2) is 11.8 Å². The molecule has 0 amide bonds. The zero-order valence-electron chi connectivity index (χ0n) is 4.73. The van der Waals surface area contributed by atoms with E-state index in [1.54, 1.807) is 0 Å². The van der Waals surface area contributed by atoms with Crippen LogP contribution in [0.1, 0.15) is 20.3 Å². The van der Waals surface area contributed by atoms with Gasteiger partial charge in [-0.25, -0.2) is 0 Å². The van der Waals surface area contributed by atoms with Gasteiger partial charge in [-0.05, 0) is 12.5 Å². The molecule has 0 saturated carbocycles. The summed E-state index contributed by atoms with van der Waals surface area (Å²) >= 11 is 0. The van der Waals surface area contributed by atoms with Crippen LogP contribution >= 0.6 is 0 Å². The van der Waals surface area contributed by atoms with E-state index in [1.807, 2.05) is 19.9 Å². The third-order valence-corrected chi connectivity index (χ3v) is 1.50. The van der Waals surface area contributed by atoms with Gasteiger partial charge in [0.25, 0.3) is 0 Å². The van der Waals surface area contributed by atoms with Crippen LogP contribution in [0.4, 0.5) is 0 Å². The fourth-order valence-electron chi connectivity index (χ4n) is 0.602. The fraction of sp³-hybridized carbons (Fsp3) is 0.667. The molecular formula is C6H10O. The van der Waals surface area contributed by atoms with Crippen LogP contribution in [0, 0.1) is 5.41 Å². The summed E-state index contributed by atoms with van der Waals surface area (Å²) in [5, 5.41) is 8.84. The van der Waals surface area contributed by atoms with Crippen LogP contribution in [0.2, 0.25) is 0 Å². The van der Waals surface area contributed by atoms with E-state index in [-0.39, 0.29) is 5.41 Å². The second-order valence-electron chi connectivity index (χ2n) is 2.68. The molecule has 0 aromatic heterocycles. The second kappa shape index (κ2) is 1.03. The van der Waals surface area contributed by atoms with Crippen molar-refractivity contribution in [3.05, 3.63) is 11.8 Å². The Morgan fingerprint density at radius 3 is 2.14 bits per heavy atom. The zero-order valence-corrected chi connectivity index (χ0v) is 4.73. The van der Waals surface area contributed by atoms with Crippen molar-refractivity contribution >= 4 is 0 Å². The SMILES string of the molecule is CC1(C)CC=C1O. The summed E-state index contributed by atoms with van der Waals surface area (Å²) in [7, 11) is 0. The summed E-state index contributed by atoms with van der Waals surface area (Å²) in [5.41, 5.74) is 0.0972. The quantitative estimate of drug-likeness (QED) is 0.490. The van der Waals surface area contributed by atoms with Gasteiger partial charge in [0.05, 0.1) is 5.76 Å². The minimum absolute atomic E-state index is 0.0972. The van der Waals surface area contributed by atoms with Gasteiger partial charge in [-0.15, -0.1) is 0 Å². The van der Waals surface area contributed by atoms with Gasteiger partial charge >= 0.3 is 0 Å². The zero-order chi connectivity index (χ0) is 5.49. The first kappa shape index (κ1) is 4.69. The lowest BCUT2D eigenvalue weighted by Gasteiger charge is -2.29. The highest BCUT2D eigenvalue weighted by Gasteiger charge is 2.28. The largest absolute Gasteiger partial charge is 0.512 e. The van der Waals surface area contributed by atoms with Gasteiger partial charge in [0.15, 0.2) is 0 Å². The minimum atomic E-state index is 0.0972. The molecule has 1 rings (SSSR count). The third kappa shape index (κ3) is 0.521. The van der Waals surface area contributed by atoms with Gasteiger partial charge in [0.2, 0.25) is 0 Å². The Balaban J connectivity index is 2.68. The highest BCUT2D eigenvalue weighted by atomic mass is 16.3. The van der Waals surface area contributed by atoms with Gasteiger partial charge in [-0.1, -0.05) is 13.8 Å². The number of allylic oxidation sites excluding steroid dienone is 2. The van der Waals surface area contributed by atoms with Crippen LogP contribution in [0.5, 0.6) is 0 Å². The number of hydrogen-bond acceptors (Lipinski definition) is 1. The normalized spacial score (nSPS) is 25.7. The highest BCUT2D eigenvalue weighted by molar-refractivity contribution is 5.15. The molecule has 0 saturated heterocycles. The van der Waals surface area contributed by atoms with E-state index < -0.39 is 0 Å². The lowest BCUT2D eigenvalue weighted by Crippen LogP contribution is -2.21. The molecule has 1 aliphatic rings. The van der Waals surface area contributed by atoms with Crippen LogP contribution in [0.25, 0.3) is 0 Å². The van der Waals surface area contributed by atoms with Crippen molar-refractivity contribution in [1.29, 1.82) is 0 Å². The van der Waals surface area contributed by atoms with Crippen molar-refractivity contribution in [2.75, 3.05) is 0 Å². The molecule has 0 spiro atoms. The molecule has 0 aromatic carbocycles. The number of rotatable bonds is 0. The predicted molar refractivity (Wildman–Crippen MR) is 29.1 cm³/mol. The fourth-order valence-corrected chi connectivity index (χ4v) is 0.602. The summed E-state index contributed by atoms with van der Waals surface area (Å²) in [4.78, 5) is 0. The van der Waals surface area contributed by atoms with Gasteiger partial charge in [0, 0.05) is 5.41 Å². The molecule has 1 aliphatic carbocycles. The maximum atomic E-state index is 8.84. The van der Waals surface area contributed by atoms with Crippen LogP contribution in [-0.2, 0) is 0 Å². The smallest absolute Gasteiger partial charge is 0.0942 e. The Labute approximate surface area is 43.7 Å². The van der Waals surface area contributed by atoms with Gasteiger partial charge in [-0.2, -0.15) is 0 Å². The van der Waals surface area contributed by atoms with Crippen molar-refractivity contribution in [2.24, 2.45) is 5.41 Å². The molecule has 0 bridgehead atoms. The molecule has 0 atom stereocenters. The lowest BCUT2D eigenvalue weighted by molar-refractivity contribution is 0.219. The van der Waals surface area contributed by atoms with E-state index in [0.717, 1.165) is 6.42 Å². The van der Waals surface area contributed by atoms with Crippen molar-refractivity contribution in [1.82, 2.24) is 0 Å². The van der Waals surface area contributed by atoms with Crippen LogP contribution in [0.3, 0.4) is 0 Å². The van der Waals surface area contributed by atoms with E-state index in [4.69, 9.17) is 5.11 Å². The molecular weight excluding hydrogens is 88.1 g/mol. The lowest BCUT2D eigenvalue weighted by atomic mass is 9.78. The van der Waals surface area contributed by atoms with Gasteiger partial charge in [0.1, 0.15) is 0 Å². The molecule has 1 N–H and O–H groups in total. The van der Waals surface area contributed by atoms with Crippen LogP contribution in [-0.4, -0.2) is 5.11 Å². The summed E-state index contributed by atoms with van der Waals surface area (Å²) in [5.74, 6) is 0.549. The number of hydrogen-bond donors (Lipinski definition) is 1. The van der Waals surface area contributed by atoms with Crippen molar-refractivity contribution in [3.8, 4) is 0 Å². The highest BCUT2D eigenvalue weighted by Crippen LogP contribution is 2.37. The second-order valence-corrected chi connectivity index (χ2v) is 2.68. The molecule has 0 fully saturated rings. The maximum Gasteiger partial charge on any atom is 0.0942 e. The van der Waals surface area contributed by atoms with E-state index >= 15 is 0 Å². The first-order valence-electron chi connectivity index (χ1n) is 2.52. The van der Waals surface area contributed by atoms with E-state index in [9.17, 15) is 0 Å². The van der Waals surface area contributed by atoms with Gasteiger partial charge < -0.3 is 5.11 Å². The molecule has 0 aromatic rings. The number of aliphatic hydroxyl groups is 1. The first-order valence-corrected chi connectivity index (χ1v) is 2.52. The average molecular weight is 98.1 g/mol. The van der Waals surface area contributed by atoms with Gasteiger partial charge in [-0.3, -0.25) is 0 Å². The molecule has 0 unspecified atom stereocenters. The van der Waals surface area contributed by atoms with Crippen molar-refractivity contribution < 1.29 is 5.11 Å². The van der Waals surface area contributed by atoms with E-state index in [0.29, 0.717) is 5.76 Å². The molecule has 1 nitrogen and oxygen atoms in total. The Bertz CT molecular complexity index is 111. The Morgan fingerprint density at radius 1 is 1.71 bits per heavy atom. The molecule has 0 aliphatic heterocycles. The van der Waals surface area contributed by atoms with Crippen LogP contribution < -0.4 is 0 Å². The average Bonchev–Trinajstić information content (AvgIpc) is 1.63. The molecule has 7 heavy (non-hydrogen) atoms. The van der Waals surface area contributed by atoms with E-state index in [2.05, 4.69) is 0 Å².